The second-order valence-electron chi connectivity index (χ2n) is 6.21. The first-order chi connectivity index (χ1) is 13.5. The minimum absolute atomic E-state index is 0.105. The van der Waals surface area contributed by atoms with E-state index in [9.17, 15) is 9.59 Å². The van der Waals surface area contributed by atoms with Crippen LogP contribution in [0.25, 0.3) is 10.9 Å². The Kier molecular flexibility index (Phi) is 5.93. The molecule has 7 nitrogen and oxygen atoms in total. The van der Waals surface area contributed by atoms with Crippen molar-refractivity contribution in [3.63, 3.8) is 0 Å². The van der Waals surface area contributed by atoms with E-state index in [-0.39, 0.29) is 24.7 Å². The lowest BCUT2D eigenvalue weighted by Gasteiger charge is -2.15. The molecule has 3 rings (SSSR count). The Balaban J connectivity index is 2.03. The second kappa shape index (κ2) is 8.56. The molecule has 0 fully saturated rings. The summed E-state index contributed by atoms with van der Waals surface area (Å²) in [4.78, 5) is 28.7. The topological polar surface area (TPSA) is 79.6 Å². The van der Waals surface area contributed by atoms with Crippen molar-refractivity contribution >= 4 is 16.9 Å². The molecule has 0 saturated carbocycles. The van der Waals surface area contributed by atoms with Crippen molar-refractivity contribution in [1.82, 2.24) is 9.55 Å². The molecule has 1 aromatic heterocycles. The monoisotopic (exact) mass is 382 g/mol. The van der Waals surface area contributed by atoms with Crippen LogP contribution in [0.5, 0.6) is 11.5 Å². The first kappa shape index (κ1) is 19.4. The quantitative estimate of drug-likeness (QED) is 0.585. The normalized spacial score (nSPS) is 10.7. The average Bonchev–Trinajstić information content (AvgIpc) is 2.70. The minimum atomic E-state index is -0.386. The van der Waals surface area contributed by atoms with Crippen molar-refractivity contribution in [1.29, 1.82) is 0 Å². The van der Waals surface area contributed by atoms with E-state index in [2.05, 4.69) is 4.98 Å². The van der Waals surface area contributed by atoms with Gasteiger partial charge in [0.2, 0.25) is 0 Å². The summed E-state index contributed by atoms with van der Waals surface area (Å²) < 4.78 is 17.2. The minimum Gasteiger partial charge on any atom is -0.493 e. The van der Waals surface area contributed by atoms with Crippen molar-refractivity contribution in [3.05, 3.63) is 64.2 Å². The van der Waals surface area contributed by atoms with Crippen LogP contribution >= 0.6 is 0 Å². The van der Waals surface area contributed by atoms with Gasteiger partial charge in [-0.1, -0.05) is 18.2 Å². The van der Waals surface area contributed by atoms with Crippen molar-refractivity contribution in [2.24, 2.45) is 0 Å². The van der Waals surface area contributed by atoms with Crippen molar-refractivity contribution < 1.29 is 19.0 Å². The highest BCUT2D eigenvalue weighted by molar-refractivity contribution is 5.77. The number of carbonyl (C=O) groups excluding carboxylic acids is 1. The standard InChI is InChI=1S/C21H22N2O5/c1-14(24)28-11-10-23-20(22-17-7-5-4-6-16(17)21(23)25)13-15-8-9-18(26-2)19(12-15)27-3/h4-9,12H,10-11,13H2,1-3H3. The van der Waals surface area contributed by atoms with E-state index in [4.69, 9.17) is 14.2 Å². The van der Waals surface area contributed by atoms with Crippen molar-refractivity contribution in [2.75, 3.05) is 20.8 Å². The number of carbonyl (C=O) groups is 1. The number of methoxy groups -OCH3 is 2. The summed E-state index contributed by atoms with van der Waals surface area (Å²) in [6, 6.07) is 12.8. The fourth-order valence-electron chi connectivity index (χ4n) is 3.03. The number of hydrogen-bond donors (Lipinski definition) is 0. The average molecular weight is 382 g/mol. The van der Waals surface area contributed by atoms with E-state index in [1.54, 1.807) is 30.9 Å². The molecule has 0 saturated heterocycles. The summed E-state index contributed by atoms with van der Waals surface area (Å²) in [6.45, 7) is 1.68. The number of fused-ring (bicyclic) bond motifs is 1. The summed E-state index contributed by atoms with van der Waals surface area (Å²) >= 11 is 0. The van der Waals surface area contributed by atoms with Crippen LogP contribution in [-0.2, 0) is 22.5 Å². The molecule has 0 aliphatic carbocycles. The zero-order valence-electron chi connectivity index (χ0n) is 16.1. The number of aromatic nitrogens is 2. The van der Waals surface area contributed by atoms with E-state index < -0.39 is 0 Å². The fraction of sp³-hybridized carbons (Fsp3) is 0.286. The third kappa shape index (κ3) is 4.14. The molecule has 0 aliphatic heterocycles. The van der Waals surface area contributed by atoms with Gasteiger partial charge in [-0.25, -0.2) is 4.98 Å². The summed E-state index contributed by atoms with van der Waals surface area (Å²) in [6.07, 6.45) is 0.417. The Labute approximate surface area is 162 Å². The molecule has 146 valence electrons. The fourth-order valence-corrected chi connectivity index (χ4v) is 3.03. The van der Waals surface area contributed by atoms with Crippen LogP contribution in [0.15, 0.2) is 47.3 Å². The van der Waals surface area contributed by atoms with E-state index >= 15 is 0 Å². The Morgan fingerprint density at radius 1 is 1.07 bits per heavy atom. The van der Waals surface area contributed by atoms with E-state index in [1.165, 1.54) is 6.92 Å². The largest absolute Gasteiger partial charge is 0.493 e. The summed E-state index contributed by atoms with van der Waals surface area (Å²) in [5.41, 5.74) is 1.39. The third-order valence-corrected chi connectivity index (χ3v) is 4.37. The van der Waals surface area contributed by atoms with Gasteiger partial charge in [0.1, 0.15) is 12.4 Å². The number of esters is 1. The molecule has 0 bridgehead atoms. The summed E-state index contributed by atoms with van der Waals surface area (Å²) in [5, 5.41) is 0.529. The lowest BCUT2D eigenvalue weighted by atomic mass is 10.1. The van der Waals surface area contributed by atoms with E-state index in [0.717, 1.165) is 5.56 Å². The van der Waals surface area contributed by atoms with Crippen LogP contribution in [0.2, 0.25) is 0 Å². The molecular formula is C21H22N2O5. The number of ether oxygens (including phenoxy) is 3. The van der Waals surface area contributed by atoms with Crippen LogP contribution in [0.1, 0.15) is 18.3 Å². The van der Waals surface area contributed by atoms with Gasteiger partial charge >= 0.3 is 5.97 Å². The Hall–Kier alpha value is -3.35. The third-order valence-electron chi connectivity index (χ3n) is 4.37. The number of hydrogen-bond acceptors (Lipinski definition) is 6. The maximum absolute atomic E-state index is 13.0. The van der Waals surface area contributed by atoms with Crippen LogP contribution in [0.3, 0.4) is 0 Å². The Morgan fingerprint density at radius 3 is 2.54 bits per heavy atom. The number of para-hydroxylation sites is 1. The highest BCUT2D eigenvalue weighted by atomic mass is 16.5. The zero-order chi connectivity index (χ0) is 20.1. The van der Waals surface area contributed by atoms with Gasteiger partial charge in [-0.2, -0.15) is 0 Å². The molecule has 0 amide bonds. The van der Waals surface area contributed by atoms with E-state index in [0.29, 0.717) is 34.6 Å². The first-order valence-corrected chi connectivity index (χ1v) is 8.86. The highest BCUT2D eigenvalue weighted by Crippen LogP contribution is 2.28. The van der Waals surface area contributed by atoms with Crippen LogP contribution in [0.4, 0.5) is 0 Å². The number of benzene rings is 2. The molecule has 1 heterocycles. The Bertz CT molecular complexity index is 1060. The molecule has 0 unspecified atom stereocenters. The van der Waals surface area contributed by atoms with Gasteiger partial charge in [0.25, 0.3) is 5.56 Å². The van der Waals surface area contributed by atoms with E-state index in [1.807, 2.05) is 30.3 Å². The smallest absolute Gasteiger partial charge is 0.302 e. The summed E-state index contributed by atoms with van der Waals surface area (Å²) in [5.74, 6) is 1.44. The van der Waals surface area contributed by atoms with Crippen molar-refractivity contribution in [3.8, 4) is 11.5 Å². The zero-order valence-corrected chi connectivity index (χ0v) is 16.1. The molecule has 0 N–H and O–H groups in total. The predicted molar refractivity (Wildman–Crippen MR) is 105 cm³/mol. The SMILES string of the molecule is COc1ccc(Cc2nc3ccccc3c(=O)n2CCOC(C)=O)cc1OC. The Morgan fingerprint density at radius 2 is 1.82 bits per heavy atom. The lowest BCUT2D eigenvalue weighted by molar-refractivity contribution is -0.141. The molecule has 0 atom stereocenters. The molecule has 0 radical (unpaired) electrons. The molecule has 28 heavy (non-hydrogen) atoms. The maximum Gasteiger partial charge on any atom is 0.302 e. The molecule has 3 aromatic rings. The number of rotatable bonds is 7. The van der Waals surface area contributed by atoms with Crippen LogP contribution < -0.4 is 15.0 Å². The van der Waals surface area contributed by atoms with Gasteiger partial charge in [-0.15, -0.1) is 0 Å². The second-order valence-corrected chi connectivity index (χ2v) is 6.21. The van der Waals surface area contributed by atoms with Gasteiger partial charge < -0.3 is 14.2 Å². The molecule has 0 aliphatic rings. The van der Waals surface area contributed by atoms with Gasteiger partial charge in [-0.05, 0) is 29.8 Å². The molecule has 2 aromatic carbocycles. The molecule has 7 heteroatoms. The van der Waals surface area contributed by atoms with Crippen LogP contribution in [0, 0.1) is 0 Å². The lowest BCUT2D eigenvalue weighted by Crippen LogP contribution is -2.28. The molecule has 0 spiro atoms. The first-order valence-electron chi connectivity index (χ1n) is 8.86. The maximum atomic E-state index is 13.0. The van der Waals surface area contributed by atoms with Gasteiger partial charge in [-0.3, -0.25) is 14.2 Å². The van der Waals surface area contributed by atoms with Crippen LogP contribution in [-0.4, -0.2) is 36.3 Å². The van der Waals surface area contributed by atoms with Gasteiger partial charge in [0, 0.05) is 13.3 Å². The predicted octanol–water partition coefficient (Wildman–Crippen LogP) is 2.57. The highest BCUT2D eigenvalue weighted by Gasteiger charge is 2.13. The number of nitrogens with zero attached hydrogens (tertiary/aromatic N) is 2. The molecular weight excluding hydrogens is 360 g/mol. The van der Waals surface area contributed by atoms with Crippen molar-refractivity contribution in [2.45, 2.75) is 19.9 Å². The van der Waals surface area contributed by atoms with Gasteiger partial charge in [0.05, 0.1) is 31.7 Å². The summed E-state index contributed by atoms with van der Waals surface area (Å²) in [7, 11) is 3.15. The van der Waals surface area contributed by atoms with Gasteiger partial charge in [0.15, 0.2) is 11.5 Å².